The molecule has 1 unspecified atom stereocenters. The zero-order valence-electron chi connectivity index (χ0n) is 26.4. The van der Waals surface area contributed by atoms with Gasteiger partial charge in [-0.15, -0.1) is 0 Å². The lowest BCUT2D eigenvalue weighted by atomic mass is 10.1. The van der Waals surface area contributed by atoms with Crippen molar-refractivity contribution in [3.8, 4) is 23.7 Å². The van der Waals surface area contributed by atoms with Gasteiger partial charge in [0.25, 0.3) is 5.91 Å². The van der Waals surface area contributed by atoms with Crippen LogP contribution in [0.2, 0.25) is 0 Å². The fourth-order valence-corrected chi connectivity index (χ4v) is 5.07. The number of urea groups is 2. The molecule has 0 aromatic heterocycles. The van der Waals surface area contributed by atoms with Crippen LogP contribution in [0.25, 0.3) is 0 Å². The summed E-state index contributed by atoms with van der Waals surface area (Å²) in [6, 6.07) is 15.0. The topological polar surface area (TPSA) is 178 Å². The van der Waals surface area contributed by atoms with E-state index < -0.39 is 12.0 Å². The lowest BCUT2D eigenvalue weighted by Crippen LogP contribution is -2.54. The molecule has 2 heterocycles. The Morgan fingerprint density at radius 2 is 1.04 bits per heavy atom. The van der Waals surface area contributed by atoms with Crippen LogP contribution in [0.1, 0.15) is 28.7 Å². The number of rotatable bonds is 8. The highest BCUT2D eigenvalue weighted by atomic mass is 16.3. The number of hydrogen-bond acceptors (Lipinski definition) is 7. The SMILES string of the molecule is NCc1ccc(CNC(=O)N2CCN(C(=O)CC#CC#CC(O)C(=O)N3CCN(C(=O)NCc4ccc(CN)cc4)CC3)CC2)cc1. The van der Waals surface area contributed by atoms with Gasteiger partial charge in [-0.25, -0.2) is 9.59 Å². The molecule has 2 saturated heterocycles. The van der Waals surface area contributed by atoms with Gasteiger partial charge in [0.1, 0.15) is 0 Å². The highest BCUT2D eigenvalue weighted by molar-refractivity contribution is 5.84. The maximum atomic E-state index is 12.6. The zero-order valence-corrected chi connectivity index (χ0v) is 26.4. The molecule has 6 amide bonds. The van der Waals surface area contributed by atoms with E-state index in [-0.39, 0.29) is 37.5 Å². The maximum Gasteiger partial charge on any atom is 0.317 e. The first kappa shape index (κ1) is 34.8. The summed E-state index contributed by atoms with van der Waals surface area (Å²) in [5.74, 6) is 9.35. The van der Waals surface area contributed by atoms with Crippen molar-refractivity contribution in [2.75, 3.05) is 52.4 Å². The summed E-state index contributed by atoms with van der Waals surface area (Å²) in [7, 11) is 0. The molecule has 13 heteroatoms. The van der Waals surface area contributed by atoms with E-state index in [9.17, 15) is 24.3 Å². The average Bonchev–Trinajstić information content (AvgIpc) is 3.12. The Morgan fingerprint density at radius 1 is 0.638 bits per heavy atom. The number of amides is 6. The Hall–Kier alpha value is -5.08. The zero-order chi connectivity index (χ0) is 33.6. The standard InChI is InChI=1S/C34H42N8O5/c35-22-26-6-10-28(11-7-26)24-37-33(46)41-18-14-39(15-19-41)31(44)5-3-1-2-4-30(43)32(45)40-16-20-42(21-17-40)34(47)38-25-29-12-8-27(23-36)9-13-29/h6-13,30,43H,5,14-25,35-36H2,(H,37,46)(H,38,47). The molecular weight excluding hydrogens is 600 g/mol. The molecule has 47 heavy (non-hydrogen) atoms. The second-order valence-electron chi connectivity index (χ2n) is 11.2. The molecule has 0 saturated carbocycles. The van der Waals surface area contributed by atoms with E-state index >= 15 is 0 Å². The smallest absolute Gasteiger partial charge is 0.317 e. The Labute approximate surface area is 275 Å². The van der Waals surface area contributed by atoms with Gasteiger partial charge in [0.2, 0.25) is 5.91 Å². The fraction of sp³-hybridized carbons (Fsp3) is 0.412. The number of hydrogen-bond donors (Lipinski definition) is 5. The van der Waals surface area contributed by atoms with Crippen LogP contribution < -0.4 is 22.1 Å². The summed E-state index contributed by atoms with van der Waals surface area (Å²) in [6.45, 7) is 4.53. The normalized spacial score (nSPS) is 15.0. The van der Waals surface area contributed by atoms with E-state index in [2.05, 4.69) is 34.3 Å². The number of aliphatic hydroxyl groups excluding tert-OH is 1. The molecule has 4 rings (SSSR count). The lowest BCUT2D eigenvalue weighted by molar-refractivity contribution is -0.138. The highest BCUT2D eigenvalue weighted by Gasteiger charge is 2.27. The first-order valence-electron chi connectivity index (χ1n) is 15.6. The number of nitrogens with zero attached hydrogens (tertiary/aromatic N) is 4. The average molecular weight is 643 g/mol. The van der Waals surface area contributed by atoms with E-state index in [0.717, 1.165) is 22.3 Å². The lowest BCUT2D eigenvalue weighted by Gasteiger charge is -2.35. The Balaban J connectivity index is 1.11. The fourth-order valence-electron chi connectivity index (χ4n) is 5.07. The third kappa shape index (κ3) is 10.5. The molecule has 2 aliphatic heterocycles. The van der Waals surface area contributed by atoms with Crippen LogP contribution in [0, 0.1) is 23.7 Å². The van der Waals surface area contributed by atoms with Gasteiger partial charge in [-0.2, -0.15) is 0 Å². The van der Waals surface area contributed by atoms with Crippen molar-refractivity contribution in [1.29, 1.82) is 0 Å². The molecule has 2 fully saturated rings. The third-order valence-corrected chi connectivity index (χ3v) is 8.04. The first-order valence-corrected chi connectivity index (χ1v) is 15.6. The van der Waals surface area contributed by atoms with E-state index in [1.807, 2.05) is 48.5 Å². The molecule has 7 N–H and O–H groups in total. The van der Waals surface area contributed by atoms with Crippen molar-refractivity contribution in [3.63, 3.8) is 0 Å². The minimum atomic E-state index is -1.55. The molecule has 0 spiro atoms. The van der Waals surface area contributed by atoms with Gasteiger partial charge >= 0.3 is 12.1 Å². The van der Waals surface area contributed by atoms with E-state index in [0.29, 0.717) is 65.4 Å². The van der Waals surface area contributed by atoms with Gasteiger partial charge in [0, 0.05) is 78.5 Å². The molecule has 0 bridgehead atoms. The Kier molecular flexibility index (Phi) is 13.0. The van der Waals surface area contributed by atoms with E-state index in [1.165, 1.54) is 4.90 Å². The summed E-state index contributed by atoms with van der Waals surface area (Å²) < 4.78 is 0. The minimum absolute atomic E-state index is 0.0628. The number of aliphatic hydroxyl groups is 1. The van der Waals surface area contributed by atoms with Crippen LogP contribution in [0.15, 0.2) is 48.5 Å². The predicted octanol–water partition coefficient (Wildman–Crippen LogP) is -0.230. The molecule has 13 nitrogen and oxygen atoms in total. The summed E-state index contributed by atoms with van der Waals surface area (Å²) in [6.07, 6.45) is -1.62. The van der Waals surface area contributed by atoms with Crippen LogP contribution in [-0.4, -0.2) is 107 Å². The quantitative estimate of drug-likeness (QED) is 0.247. The first-order chi connectivity index (χ1) is 22.8. The monoisotopic (exact) mass is 642 g/mol. The number of carbonyl (C=O) groups excluding carboxylic acids is 4. The summed E-state index contributed by atoms with van der Waals surface area (Å²) in [5, 5.41) is 16.0. The molecule has 0 radical (unpaired) electrons. The van der Waals surface area contributed by atoms with Crippen molar-refractivity contribution in [3.05, 3.63) is 70.8 Å². The number of nitrogens with one attached hydrogen (secondary N) is 2. The van der Waals surface area contributed by atoms with Crippen LogP contribution in [-0.2, 0) is 35.8 Å². The van der Waals surface area contributed by atoms with Gasteiger partial charge in [-0.1, -0.05) is 54.5 Å². The highest BCUT2D eigenvalue weighted by Crippen LogP contribution is 2.08. The van der Waals surface area contributed by atoms with Crippen LogP contribution >= 0.6 is 0 Å². The summed E-state index contributed by atoms with van der Waals surface area (Å²) in [4.78, 5) is 56.7. The van der Waals surface area contributed by atoms with Gasteiger partial charge in [-0.3, -0.25) is 9.59 Å². The third-order valence-electron chi connectivity index (χ3n) is 8.04. The molecule has 248 valence electrons. The Bertz CT molecular complexity index is 1510. The van der Waals surface area contributed by atoms with Crippen LogP contribution in [0.4, 0.5) is 9.59 Å². The maximum absolute atomic E-state index is 12.6. The second kappa shape index (κ2) is 17.6. The number of nitrogens with two attached hydrogens (primary N) is 2. The van der Waals surface area contributed by atoms with Crippen LogP contribution in [0.3, 0.4) is 0 Å². The van der Waals surface area contributed by atoms with Gasteiger partial charge < -0.3 is 46.8 Å². The van der Waals surface area contributed by atoms with Crippen molar-refractivity contribution in [1.82, 2.24) is 30.2 Å². The summed E-state index contributed by atoms with van der Waals surface area (Å²) >= 11 is 0. The van der Waals surface area contributed by atoms with Crippen molar-refractivity contribution in [2.45, 2.75) is 38.7 Å². The van der Waals surface area contributed by atoms with Gasteiger partial charge in [0.15, 0.2) is 6.10 Å². The van der Waals surface area contributed by atoms with Crippen molar-refractivity contribution < 1.29 is 24.3 Å². The van der Waals surface area contributed by atoms with Gasteiger partial charge in [0.05, 0.1) is 6.42 Å². The molecule has 2 aliphatic rings. The number of carbonyl (C=O) groups is 4. The number of piperazine rings is 2. The minimum Gasteiger partial charge on any atom is -0.372 e. The van der Waals surface area contributed by atoms with Gasteiger partial charge in [-0.05, 0) is 40.0 Å². The molecule has 0 aliphatic carbocycles. The van der Waals surface area contributed by atoms with E-state index in [4.69, 9.17) is 11.5 Å². The van der Waals surface area contributed by atoms with Crippen molar-refractivity contribution in [2.24, 2.45) is 11.5 Å². The molecular formula is C34H42N8O5. The Morgan fingerprint density at radius 3 is 1.49 bits per heavy atom. The molecule has 1 atom stereocenters. The van der Waals surface area contributed by atoms with E-state index in [1.54, 1.807) is 14.7 Å². The molecule has 2 aromatic carbocycles. The molecule has 2 aromatic rings. The van der Waals surface area contributed by atoms with Crippen LogP contribution in [0.5, 0.6) is 0 Å². The second-order valence-corrected chi connectivity index (χ2v) is 11.2. The number of benzene rings is 2. The predicted molar refractivity (Wildman–Crippen MR) is 176 cm³/mol. The van der Waals surface area contributed by atoms with Crippen molar-refractivity contribution >= 4 is 23.9 Å². The largest absolute Gasteiger partial charge is 0.372 e. The summed E-state index contributed by atoms with van der Waals surface area (Å²) in [5.41, 5.74) is 15.2.